The predicted molar refractivity (Wildman–Crippen MR) is 115 cm³/mol. The number of hydrogen-bond donors (Lipinski definition) is 1. The lowest BCUT2D eigenvalue weighted by molar-refractivity contribution is -0.140. The van der Waals surface area contributed by atoms with Crippen molar-refractivity contribution in [1.82, 2.24) is 4.90 Å². The zero-order valence-corrected chi connectivity index (χ0v) is 17.6. The zero-order chi connectivity index (χ0) is 21.3. The van der Waals surface area contributed by atoms with Crippen LogP contribution < -0.4 is 0 Å². The molecule has 2 aliphatic rings. The number of nitrogens with zero attached hydrogens (tertiary/aromatic N) is 1. The molecule has 156 valence electrons. The molecule has 2 aromatic carbocycles. The van der Waals surface area contributed by atoms with Crippen molar-refractivity contribution >= 4 is 29.1 Å². The molecule has 6 heteroatoms. The van der Waals surface area contributed by atoms with E-state index in [9.17, 15) is 14.7 Å². The molecule has 0 aliphatic carbocycles. The predicted octanol–water partition coefficient (Wildman–Crippen LogP) is 4.50. The summed E-state index contributed by atoms with van der Waals surface area (Å²) in [5.74, 6) is -1.47. The number of rotatable bonds is 5. The van der Waals surface area contributed by atoms with E-state index in [1.807, 2.05) is 24.3 Å². The molecule has 1 amide bonds. The largest absolute Gasteiger partial charge is 0.507 e. The third kappa shape index (κ3) is 3.87. The second-order valence-corrected chi connectivity index (χ2v) is 8.12. The molecule has 0 saturated carbocycles. The molecule has 2 aromatic rings. The highest BCUT2D eigenvalue weighted by molar-refractivity contribution is 6.46. The molecule has 0 bridgehead atoms. The molecular formula is C24H24ClNO4. The van der Waals surface area contributed by atoms with Crippen molar-refractivity contribution in [2.45, 2.75) is 38.3 Å². The molecule has 5 nitrogen and oxygen atoms in total. The molecule has 2 heterocycles. The number of ether oxygens (including phenoxy) is 1. The summed E-state index contributed by atoms with van der Waals surface area (Å²) in [5.41, 5.74) is 2.50. The van der Waals surface area contributed by atoms with Gasteiger partial charge in [0.15, 0.2) is 0 Å². The lowest BCUT2D eigenvalue weighted by atomic mass is 9.94. The Hall–Kier alpha value is -2.63. The highest BCUT2D eigenvalue weighted by Crippen LogP contribution is 2.40. The number of Topliss-reactive ketones (excluding diaryl/α,β-unsaturated/α-hetero) is 1. The van der Waals surface area contributed by atoms with E-state index in [-0.39, 0.29) is 17.4 Å². The van der Waals surface area contributed by atoms with E-state index in [1.165, 1.54) is 0 Å². The summed E-state index contributed by atoms with van der Waals surface area (Å²) in [4.78, 5) is 27.5. The number of likely N-dealkylation sites (tertiary alicyclic amines) is 1. The second kappa shape index (κ2) is 8.62. The first-order valence-electron chi connectivity index (χ1n) is 10.2. The fourth-order valence-electron chi connectivity index (χ4n) is 4.12. The minimum absolute atomic E-state index is 0.101. The van der Waals surface area contributed by atoms with Crippen LogP contribution >= 0.6 is 11.6 Å². The fraction of sp³-hybridized carbons (Fsp3) is 0.333. The summed E-state index contributed by atoms with van der Waals surface area (Å²) < 4.78 is 5.71. The normalized spacial score (nSPS) is 23.3. The van der Waals surface area contributed by atoms with Gasteiger partial charge in [0.1, 0.15) is 5.76 Å². The summed E-state index contributed by atoms with van der Waals surface area (Å²) in [7, 11) is 0. The minimum atomic E-state index is -0.676. The Kier molecular flexibility index (Phi) is 5.93. The third-order valence-corrected chi connectivity index (χ3v) is 6.04. The van der Waals surface area contributed by atoms with Crippen molar-refractivity contribution in [1.29, 1.82) is 0 Å². The van der Waals surface area contributed by atoms with Crippen LogP contribution in [0.25, 0.3) is 5.76 Å². The quantitative estimate of drug-likeness (QED) is 0.435. The van der Waals surface area contributed by atoms with Gasteiger partial charge in [-0.2, -0.15) is 0 Å². The molecule has 1 N–H and O–H groups in total. The SMILES string of the molecule is CCc1ccc(C2C(=C(O)c3ccc(Cl)cc3)C(=O)C(=O)N2CC2CCCO2)cc1. The Labute approximate surface area is 180 Å². The minimum Gasteiger partial charge on any atom is -0.507 e. The van der Waals surface area contributed by atoms with Crippen LogP contribution in [0.4, 0.5) is 0 Å². The van der Waals surface area contributed by atoms with Crippen molar-refractivity contribution in [3.05, 3.63) is 75.8 Å². The van der Waals surface area contributed by atoms with E-state index in [0.29, 0.717) is 23.7 Å². The molecule has 2 aliphatic heterocycles. The van der Waals surface area contributed by atoms with Gasteiger partial charge in [-0.05, 0) is 54.7 Å². The van der Waals surface area contributed by atoms with E-state index in [2.05, 4.69) is 6.92 Å². The van der Waals surface area contributed by atoms with Crippen LogP contribution in [0.5, 0.6) is 0 Å². The van der Waals surface area contributed by atoms with Gasteiger partial charge in [0, 0.05) is 23.7 Å². The monoisotopic (exact) mass is 425 g/mol. The number of amides is 1. The van der Waals surface area contributed by atoms with Crippen molar-refractivity contribution < 1.29 is 19.4 Å². The molecule has 0 aromatic heterocycles. The zero-order valence-electron chi connectivity index (χ0n) is 16.8. The summed E-state index contributed by atoms with van der Waals surface area (Å²) in [6, 6.07) is 13.7. The van der Waals surface area contributed by atoms with Crippen molar-refractivity contribution in [2.75, 3.05) is 13.2 Å². The fourth-order valence-corrected chi connectivity index (χ4v) is 4.25. The number of aliphatic hydroxyl groups is 1. The number of carbonyl (C=O) groups is 2. The second-order valence-electron chi connectivity index (χ2n) is 7.69. The van der Waals surface area contributed by atoms with E-state index in [4.69, 9.17) is 16.3 Å². The molecular weight excluding hydrogens is 402 g/mol. The standard InChI is InChI=1S/C24H24ClNO4/c1-2-15-5-7-16(8-6-15)21-20(22(27)17-9-11-18(25)12-10-17)23(28)24(29)26(21)14-19-4-3-13-30-19/h5-12,19,21,27H,2-4,13-14H2,1H3. The van der Waals surface area contributed by atoms with Crippen LogP contribution in [0.1, 0.15) is 42.5 Å². The Morgan fingerprint density at radius 2 is 1.83 bits per heavy atom. The average Bonchev–Trinajstić information content (AvgIpc) is 3.36. The van der Waals surface area contributed by atoms with E-state index in [1.54, 1.807) is 29.2 Å². The number of hydrogen-bond acceptors (Lipinski definition) is 4. The molecule has 30 heavy (non-hydrogen) atoms. The van der Waals surface area contributed by atoms with Gasteiger partial charge in [-0.3, -0.25) is 9.59 Å². The summed E-state index contributed by atoms with van der Waals surface area (Å²) >= 11 is 5.96. The number of halogens is 1. The van der Waals surface area contributed by atoms with Gasteiger partial charge in [0.05, 0.1) is 17.7 Å². The van der Waals surface area contributed by atoms with Gasteiger partial charge >= 0.3 is 0 Å². The van der Waals surface area contributed by atoms with Crippen LogP contribution in [0, 0.1) is 0 Å². The lowest BCUT2D eigenvalue weighted by Gasteiger charge is -2.27. The number of carbonyl (C=O) groups excluding carboxylic acids is 2. The van der Waals surface area contributed by atoms with Gasteiger partial charge in [-0.1, -0.05) is 42.8 Å². The molecule has 2 atom stereocenters. The van der Waals surface area contributed by atoms with Gasteiger partial charge in [-0.15, -0.1) is 0 Å². The molecule has 0 spiro atoms. The van der Waals surface area contributed by atoms with E-state index in [0.717, 1.165) is 30.4 Å². The molecule has 4 rings (SSSR count). The average molecular weight is 426 g/mol. The summed E-state index contributed by atoms with van der Waals surface area (Å²) in [5, 5.41) is 11.5. The maximum Gasteiger partial charge on any atom is 0.295 e. The Morgan fingerprint density at radius 3 is 2.43 bits per heavy atom. The van der Waals surface area contributed by atoms with Gasteiger partial charge < -0.3 is 14.7 Å². The molecule has 2 fully saturated rings. The van der Waals surface area contributed by atoms with Gasteiger partial charge in [0.2, 0.25) is 0 Å². The van der Waals surface area contributed by atoms with Crippen molar-refractivity contribution in [3.63, 3.8) is 0 Å². The molecule has 0 radical (unpaired) electrons. The van der Waals surface area contributed by atoms with Crippen LogP contribution in [0.15, 0.2) is 54.1 Å². The van der Waals surface area contributed by atoms with Gasteiger partial charge in [-0.25, -0.2) is 0 Å². The summed E-state index contributed by atoms with van der Waals surface area (Å²) in [6.45, 7) is 3.05. The van der Waals surface area contributed by atoms with Crippen LogP contribution in [-0.2, 0) is 20.7 Å². The number of benzene rings is 2. The first-order chi connectivity index (χ1) is 14.5. The van der Waals surface area contributed by atoms with Crippen LogP contribution in [0.3, 0.4) is 0 Å². The van der Waals surface area contributed by atoms with E-state index < -0.39 is 17.7 Å². The highest BCUT2D eigenvalue weighted by atomic mass is 35.5. The topological polar surface area (TPSA) is 66.8 Å². The van der Waals surface area contributed by atoms with Gasteiger partial charge in [0.25, 0.3) is 11.7 Å². The van der Waals surface area contributed by atoms with Crippen LogP contribution in [0.2, 0.25) is 5.02 Å². The van der Waals surface area contributed by atoms with Crippen LogP contribution in [-0.4, -0.2) is 41.0 Å². The Balaban J connectivity index is 1.80. The number of aryl methyl sites for hydroxylation is 1. The van der Waals surface area contributed by atoms with Crippen molar-refractivity contribution in [2.24, 2.45) is 0 Å². The first kappa shape index (κ1) is 20.6. The molecule has 2 unspecified atom stereocenters. The maximum atomic E-state index is 13.0. The van der Waals surface area contributed by atoms with Crippen molar-refractivity contribution in [3.8, 4) is 0 Å². The lowest BCUT2D eigenvalue weighted by Crippen LogP contribution is -2.36. The number of aliphatic hydroxyl groups excluding tert-OH is 1. The molecule has 2 saturated heterocycles. The first-order valence-corrected chi connectivity index (χ1v) is 10.6. The highest BCUT2D eigenvalue weighted by Gasteiger charge is 2.47. The maximum absolute atomic E-state index is 13.0. The summed E-state index contributed by atoms with van der Waals surface area (Å²) in [6.07, 6.45) is 2.58. The number of ketones is 1. The smallest absolute Gasteiger partial charge is 0.295 e. The Morgan fingerprint density at radius 1 is 1.13 bits per heavy atom. The Bertz CT molecular complexity index is 975. The third-order valence-electron chi connectivity index (χ3n) is 5.79. The van der Waals surface area contributed by atoms with E-state index >= 15 is 0 Å².